The number of hydrogen-bond acceptors (Lipinski definition) is 4. The number of alkyl carbamates (subject to hydrolysis) is 1. The topological polar surface area (TPSA) is 84.8 Å². The van der Waals surface area contributed by atoms with Gasteiger partial charge >= 0.3 is 6.09 Å². The largest absolute Gasteiger partial charge is 0.449 e. The van der Waals surface area contributed by atoms with Crippen LogP contribution in [0.1, 0.15) is 51.5 Å². The number of carbonyl (C=O) groups excluding carboxylic acids is 1. The highest BCUT2D eigenvalue weighted by atomic mass is 16.5. The molecule has 7 heteroatoms. The van der Waals surface area contributed by atoms with E-state index in [1.165, 1.54) is 0 Å². The Hall–Kier alpha value is -2.57. The van der Waals surface area contributed by atoms with Gasteiger partial charge in [0.2, 0.25) is 0 Å². The standard InChI is InChI=1S/C20H25N5O2/c1-20(7-8-20)11-27-19(26)24-13-2-4-14(5-3-13)25-12-23-16-10-22-18-15(17(16)25)6-9-21-18/h6,9-10,12-14H,2-5,7-8,11H2,1H3,(H,21,22)(H,24,26)/t13-,14-. The van der Waals surface area contributed by atoms with E-state index in [1.54, 1.807) is 0 Å². The van der Waals surface area contributed by atoms with Crippen molar-refractivity contribution in [1.82, 2.24) is 24.8 Å². The lowest BCUT2D eigenvalue weighted by Gasteiger charge is -2.30. The van der Waals surface area contributed by atoms with E-state index >= 15 is 0 Å². The summed E-state index contributed by atoms with van der Waals surface area (Å²) in [4.78, 5) is 24.2. The molecule has 142 valence electrons. The number of imidazole rings is 1. The number of nitrogens with zero attached hydrogens (tertiary/aromatic N) is 3. The second-order valence-electron chi connectivity index (χ2n) is 8.42. The number of aromatic nitrogens is 4. The number of hydrogen-bond donors (Lipinski definition) is 2. The molecule has 0 atom stereocenters. The van der Waals surface area contributed by atoms with Crippen LogP contribution in [0.5, 0.6) is 0 Å². The third kappa shape index (κ3) is 3.15. The zero-order valence-electron chi connectivity index (χ0n) is 15.6. The van der Waals surface area contributed by atoms with Crippen LogP contribution in [-0.2, 0) is 4.74 Å². The molecule has 0 spiro atoms. The second kappa shape index (κ2) is 6.25. The van der Waals surface area contributed by atoms with Crippen molar-refractivity contribution in [2.75, 3.05) is 6.61 Å². The van der Waals surface area contributed by atoms with Gasteiger partial charge in [-0.3, -0.25) is 0 Å². The molecule has 2 aliphatic carbocycles. The molecule has 1 amide bonds. The average molecular weight is 367 g/mol. The number of rotatable bonds is 4. The van der Waals surface area contributed by atoms with Crippen molar-refractivity contribution in [1.29, 1.82) is 0 Å². The van der Waals surface area contributed by atoms with Gasteiger partial charge in [0.1, 0.15) is 11.2 Å². The Morgan fingerprint density at radius 3 is 2.93 bits per heavy atom. The van der Waals surface area contributed by atoms with E-state index < -0.39 is 0 Å². The van der Waals surface area contributed by atoms with Crippen molar-refractivity contribution in [3.05, 3.63) is 24.8 Å². The van der Waals surface area contributed by atoms with Gasteiger partial charge in [-0.1, -0.05) is 6.92 Å². The van der Waals surface area contributed by atoms with E-state index in [0.29, 0.717) is 12.6 Å². The van der Waals surface area contributed by atoms with Crippen LogP contribution in [0.3, 0.4) is 0 Å². The molecule has 2 saturated carbocycles. The summed E-state index contributed by atoms with van der Waals surface area (Å²) >= 11 is 0. The van der Waals surface area contributed by atoms with E-state index in [2.05, 4.69) is 37.8 Å². The third-order valence-electron chi connectivity index (χ3n) is 6.19. The van der Waals surface area contributed by atoms with Crippen LogP contribution in [0.4, 0.5) is 4.79 Å². The Kier molecular flexibility index (Phi) is 3.84. The summed E-state index contributed by atoms with van der Waals surface area (Å²) in [5, 5.41) is 4.16. The molecule has 2 fully saturated rings. The molecule has 27 heavy (non-hydrogen) atoms. The SMILES string of the molecule is CC1(COC(=O)N[C@H]2CC[C@H](n3cnc4cnc5[nH]ccc5c43)CC2)CC1. The summed E-state index contributed by atoms with van der Waals surface area (Å²) in [5.41, 5.74) is 3.21. The molecule has 7 nitrogen and oxygen atoms in total. The van der Waals surface area contributed by atoms with Crippen LogP contribution in [0, 0.1) is 5.41 Å². The van der Waals surface area contributed by atoms with Gasteiger partial charge in [-0.05, 0) is 44.6 Å². The fourth-order valence-corrected chi connectivity index (χ4v) is 4.11. The van der Waals surface area contributed by atoms with Crippen molar-refractivity contribution in [3.8, 4) is 0 Å². The molecule has 2 N–H and O–H groups in total. The first-order chi connectivity index (χ1) is 13.1. The van der Waals surface area contributed by atoms with Gasteiger partial charge in [0.05, 0.1) is 24.6 Å². The molecule has 5 rings (SSSR count). The first-order valence-corrected chi connectivity index (χ1v) is 9.83. The Morgan fingerprint density at radius 2 is 2.15 bits per heavy atom. The number of H-pyrrole nitrogens is 1. The second-order valence-corrected chi connectivity index (χ2v) is 8.42. The molecule has 0 bridgehead atoms. The van der Waals surface area contributed by atoms with E-state index in [9.17, 15) is 4.79 Å². The van der Waals surface area contributed by atoms with Gasteiger partial charge < -0.3 is 19.6 Å². The summed E-state index contributed by atoms with van der Waals surface area (Å²) in [6, 6.07) is 2.66. The Bertz CT molecular complexity index is 979. The molecular formula is C20H25N5O2. The maximum atomic E-state index is 12.0. The monoisotopic (exact) mass is 367 g/mol. The summed E-state index contributed by atoms with van der Waals surface area (Å²) in [6.45, 7) is 2.70. The van der Waals surface area contributed by atoms with Crippen molar-refractivity contribution in [2.24, 2.45) is 5.41 Å². The van der Waals surface area contributed by atoms with Crippen molar-refractivity contribution >= 4 is 28.2 Å². The van der Waals surface area contributed by atoms with E-state index in [4.69, 9.17) is 4.74 Å². The Balaban J connectivity index is 1.23. The zero-order chi connectivity index (χ0) is 18.4. The van der Waals surface area contributed by atoms with Gasteiger partial charge in [-0.2, -0.15) is 0 Å². The summed E-state index contributed by atoms with van der Waals surface area (Å²) in [5.74, 6) is 0. The molecule has 0 aliphatic heterocycles. The third-order valence-corrected chi connectivity index (χ3v) is 6.19. The van der Waals surface area contributed by atoms with Crippen LogP contribution < -0.4 is 5.32 Å². The van der Waals surface area contributed by atoms with Crippen LogP contribution in [0.25, 0.3) is 22.1 Å². The molecule has 0 radical (unpaired) electrons. The average Bonchev–Trinajstić information content (AvgIpc) is 3.08. The highest BCUT2D eigenvalue weighted by Crippen LogP contribution is 2.45. The number of carbonyl (C=O) groups is 1. The van der Waals surface area contributed by atoms with Gasteiger partial charge in [-0.15, -0.1) is 0 Å². The normalized spacial score (nSPS) is 24.2. The summed E-state index contributed by atoms with van der Waals surface area (Å²) in [7, 11) is 0. The molecule has 0 unspecified atom stereocenters. The minimum absolute atomic E-state index is 0.199. The number of nitrogens with one attached hydrogen (secondary N) is 2. The van der Waals surface area contributed by atoms with Gasteiger partial charge in [0.15, 0.2) is 0 Å². The van der Waals surface area contributed by atoms with Crippen molar-refractivity contribution in [2.45, 2.75) is 57.5 Å². The highest BCUT2D eigenvalue weighted by Gasteiger charge is 2.38. The minimum Gasteiger partial charge on any atom is -0.449 e. The lowest BCUT2D eigenvalue weighted by molar-refractivity contribution is 0.118. The van der Waals surface area contributed by atoms with Crippen LogP contribution in [-0.4, -0.2) is 38.3 Å². The van der Waals surface area contributed by atoms with Crippen LogP contribution >= 0.6 is 0 Å². The molecule has 3 heterocycles. The van der Waals surface area contributed by atoms with Crippen LogP contribution in [0.15, 0.2) is 24.8 Å². The highest BCUT2D eigenvalue weighted by molar-refractivity contribution is 6.00. The number of pyridine rings is 1. The first kappa shape index (κ1) is 16.6. The fourth-order valence-electron chi connectivity index (χ4n) is 4.11. The fraction of sp³-hybridized carbons (Fsp3) is 0.550. The predicted molar refractivity (Wildman–Crippen MR) is 103 cm³/mol. The van der Waals surface area contributed by atoms with E-state index in [0.717, 1.165) is 60.6 Å². The quantitative estimate of drug-likeness (QED) is 0.732. The molecule has 3 aromatic heterocycles. The van der Waals surface area contributed by atoms with Crippen molar-refractivity contribution < 1.29 is 9.53 Å². The van der Waals surface area contributed by atoms with E-state index in [1.807, 2.05) is 18.7 Å². The maximum Gasteiger partial charge on any atom is 0.407 e. The first-order valence-electron chi connectivity index (χ1n) is 9.83. The van der Waals surface area contributed by atoms with E-state index in [-0.39, 0.29) is 17.6 Å². The number of aromatic amines is 1. The number of fused-ring (bicyclic) bond motifs is 3. The van der Waals surface area contributed by atoms with Gasteiger partial charge in [0.25, 0.3) is 0 Å². The lowest BCUT2D eigenvalue weighted by atomic mass is 9.91. The zero-order valence-corrected chi connectivity index (χ0v) is 15.6. The van der Waals surface area contributed by atoms with Crippen LogP contribution in [0.2, 0.25) is 0 Å². The molecule has 2 aliphatic rings. The predicted octanol–water partition coefficient (Wildman–Crippen LogP) is 3.92. The number of ether oxygens (including phenoxy) is 1. The molecule has 0 saturated heterocycles. The number of amides is 1. The summed E-state index contributed by atoms with van der Waals surface area (Å²) in [6.07, 6.45) is 11.7. The molecular weight excluding hydrogens is 342 g/mol. The minimum atomic E-state index is -0.264. The molecule has 3 aromatic rings. The maximum absolute atomic E-state index is 12.0. The van der Waals surface area contributed by atoms with Gasteiger partial charge in [-0.25, -0.2) is 14.8 Å². The lowest BCUT2D eigenvalue weighted by Crippen LogP contribution is -2.38. The Labute approximate surface area is 157 Å². The summed E-state index contributed by atoms with van der Waals surface area (Å²) < 4.78 is 7.68. The van der Waals surface area contributed by atoms with Gasteiger partial charge in [0, 0.05) is 29.1 Å². The molecule has 0 aromatic carbocycles. The Morgan fingerprint density at radius 1 is 1.33 bits per heavy atom. The smallest absolute Gasteiger partial charge is 0.407 e. The van der Waals surface area contributed by atoms with Crippen molar-refractivity contribution in [3.63, 3.8) is 0 Å².